The first-order valence-corrected chi connectivity index (χ1v) is 17.2. The molecule has 5 nitrogen and oxygen atoms in total. The molecular formula is C36H47N3O2S. The molecule has 0 bridgehead atoms. The number of thiazole rings is 1. The molecule has 3 aliphatic rings. The third-order valence-electron chi connectivity index (χ3n) is 10.2. The van der Waals surface area contributed by atoms with Gasteiger partial charge in [-0.05, 0) is 74.1 Å². The van der Waals surface area contributed by atoms with Gasteiger partial charge in [-0.15, -0.1) is 11.3 Å². The Morgan fingerprint density at radius 1 is 0.952 bits per heavy atom. The topological polar surface area (TPSA) is 56.7 Å². The zero-order valence-electron chi connectivity index (χ0n) is 25.2. The van der Waals surface area contributed by atoms with Crippen LogP contribution in [-0.4, -0.2) is 64.6 Å². The molecule has 1 aromatic heterocycles. The van der Waals surface area contributed by atoms with Gasteiger partial charge in [-0.25, -0.2) is 4.98 Å². The maximum absolute atomic E-state index is 12.6. The van der Waals surface area contributed by atoms with Gasteiger partial charge in [0.1, 0.15) is 6.04 Å². The minimum Gasteiger partial charge on any atom is -0.480 e. The number of benzene rings is 2. The molecule has 3 heterocycles. The summed E-state index contributed by atoms with van der Waals surface area (Å²) in [4.78, 5) is 24.2. The second-order valence-corrected chi connectivity index (χ2v) is 14.0. The van der Waals surface area contributed by atoms with Gasteiger partial charge in [-0.1, -0.05) is 86.8 Å². The fourth-order valence-corrected chi connectivity index (χ4v) is 9.40. The third kappa shape index (κ3) is 6.82. The van der Waals surface area contributed by atoms with Crippen molar-refractivity contribution < 1.29 is 9.90 Å². The molecule has 1 N–H and O–H groups in total. The second-order valence-electron chi connectivity index (χ2n) is 12.9. The summed E-state index contributed by atoms with van der Waals surface area (Å²) in [6, 6.07) is 21.3. The second kappa shape index (κ2) is 13.8. The molecule has 3 aromatic rings. The van der Waals surface area contributed by atoms with Crippen LogP contribution in [0.1, 0.15) is 90.4 Å². The van der Waals surface area contributed by atoms with Crippen molar-refractivity contribution in [1.29, 1.82) is 0 Å². The Hall–Kier alpha value is -2.54. The number of rotatable bonds is 10. The monoisotopic (exact) mass is 585 g/mol. The molecule has 6 heteroatoms. The van der Waals surface area contributed by atoms with Crippen molar-refractivity contribution in [2.24, 2.45) is 11.8 Å². The van der Waals surface area contributed by atoms with Crippen LogP contribution in [0.15, 0.2) is 60.7 Å². The van der Waals surface area contributed by atoms with E-state index >= 15 is 0 Å². The lowest BCUT2D eigenvalue weighted by atomic mass is 9.83. The summed E-state index contributed by atoms with van der Waals surface area (Å²) in [5.41, 5.74) is 4.01. The number of aliphatic carboxylic acids is 1. The lowest BCUT2D eigenvalue weighted by Gasteiger charge is -2.35. The van der Waals surface area contributed by atoms with Gasteiger partial charge in [0.05, 0.1) is 10.7 Å². The fourth-order valence-electron chi connectivity index (χ4n) is 8.04. The fraction of sp³-hybridized carbons (Fsp3) is 0.556. The van der Waals surface area contributed by atoms with Gasteiger partial charge in [-0.3, -0.25) is 9.69 Å². The minimum atomic E-state index is -0.613. The van der Waals surface area contributed by atoms with Crippen molar-refractivity contribution in [2.45, 2.75) is 82.6 Å². The zero-order valence-corrected chi connectivity index (χ0v) is 26.0. The molecule has 3 atom stereocenters. The van der Waals surface area contributed by atoms with Crippen LogP contribution in [0.2, 0.25) is 0 Å². The highest BCUT2D eigenvalue weighted by molar-refractivity contribution is 7.11. The lowest BCUT2D eigenvalue weighted by molar-refractivity contribution is -0.145. The summed E-state index contributed by atoms with van der Waals surface area (Å²) in [7, 11) is 0. The molecular weight excluding hydrogens is 538 g/mol. The van der Waals surface area contributed by atoms with Crippen molar-refractivity contribution in [2.75, 3.05) is 32.7 Å². The van der Waals surface area contributed by atoms with E-state index in [1.807, 2.05) is 11.3 Å². The van der Waals surface area contributed by atoms with E-state index in [1.165, 1.54) is 58.8 Å². The van der Waals surface area contributed by atoms with Gasteiger partial charge in [0.2, 0.25) is 0 Å². The van der Waals surface area contributed by atoms with Crippen LogP contribution in [0.25, 0.3) is 0 Å². The first kappa shape index (κ1) is 29.5. The van der Waals surface area contributed by atoms with Gasteiger partial charge < -0.3 is 10.0 Å². The molecule has 1 aliphatic carbocycles. The van der Waals surface area contributed by atoms with Gasteiger partial charge in [0.15, 0.2) is 0 Å². The smallest absolute Gasteiger partial charge is 0.321 e. The summed E-state index contributed by atoms with van der Waals surface area (Å²) in [5.74, 6) is 1.13. The molecule has 224 valence electrons. The van der Waals surface area contributed by atoms with Crippen LogP contribution in [0.4, 0.5) is 0 Å². The number of piperidine rings is 1. The standard InChI is InChI=1S/C36H47N3O2S/c1-2-32-35(42-33(37-32)22-26-12-6-3-7-13-26)29-18-20-38(21-19-29)23-30-24-39(25-31(30)27-14-8-4-9-15-27)34(36(40)41)28-16-10-5-11-17-28/h3-4,6-9,12-15,28-31,34H,2,5,10-11,16-25H2,1H3,(H,40,41). The average Bonchev–Trinajstić information content (AvgIpc) is 3.63. The Kier molecular flexibility index (Phi) is 9.73. The lowest BCUT2D eigenvalue weighted by Crippen LogP contribution is -2.46. The van der Waals surface area contributed by atoms with Crippen LogP contribution in [-0.2, 0) is 17.6 Å². The van der Waals surface area contributed by atoms with E-state index in [0.717, 1.165) is 58.4 Å². The summed E-state index contributed by atoms with van der Waals surface area (Å²) in [5, 5.41) is 11.6. The van der Waals surface area contributed by atoms with Crippen LogP contribution in [0.5, 0.6) is 0 Å². The summed E-state index contributed by atoms with van der Waals surface area (Å²) >= 11 is 1.94. The van der Waals surface area contributed by atoms with Crippen molar-refractivity contribution in [1.82, 2.24) is 14.8 Å². The minimum absolute atomic E-state index is 0.293. The first-order valence-electron chi connectivity index (χ1n) is 16.4. The molecule has 0 radical (unpaired) electrons. The van der Waals surface area contributed by atoms with Crippen molar-refractivity contribution in [3.8, 4) is 0 Å². The average molecular weight is 586 g/mol. The zero-order chi connectivity index (χ0) is 28.9. The molecule has 2 saturated heterocycles. The van der Waals surface area contributed by atoms with Crippen LogP contribution < -0.4 is 0 Å². The summed E-state index contributed by atoms with van der Waals surface area (Å²) < 4.78 is 0. The molecule has 6 rings (SSSR count). The molecule has 1 saturated carbocycles. The van der Waals surface area contributed by atoms with Crippen molar-refractivity contribution in [3.05, 3.63) is 87.4 Å². The van der Waals surface area contributed by atoms with Gasteiger partial charge in [0.25, 0.3) is 0 Å². The van der Waals surface area contributed by atoms with E-state index in [4.69, 9.17) is 4.98 Å². The molecule has 2 aromatic carbocycles. The number of carboxylic acid groups (broad SMARTS) is 1. The number of hydrogen-bond donors (Lipinski definition) is 1. The van der Waals surface area contributed by atoms with Crippen molar-refractivity contribution >= 4 is 17.3 Å². The largest absolute Gasteiger partial charge is 0.480 e. The first-order chi connectivity index (χ1) is 20.6. The number of carbonyl (C=O) groups is 1. The normalized spacial score (nSPS) is 23.7. The predicted octanol–water partition coefficient (Wildman–Crippen LogP) is 7.22. The molecule has 0 amide bonds. The molecule has 42 heavy (non-hydrogen) atoms. The quantitative estimate of drug-likeness (QED) is 0.272. The third-order valence-corrected chi connectivity index (χ3v) is 11.5. The number of nitrogens with zero attached hydrogens (tertiary/aromatic N) is 3. The molecule has 0 spiro atoms. The Balaban J connectivity index is 1.12. The SMILES string of the molecule is CCc1nc(Cc2ccccc2)sc1C1CCN(CC2CN(C(C(=O)O)C3CCCCC3)CC2c2ccccc2)CC1. The highest BCUT2D eigenvalue weighted by atomic mass is 32.1. The number of hydrogen-bond acceptors (Lipinski definition) is 5. The Bertz CT molecular complexity index is 1280. The summed E-state index contributed by atoms with van der Waals surface area (Å²) in [6.07, 6.45) is 10.0. The molecule has 3 unspecified atom stereocenters. The number of aromatic nitrogens is 1. The van der Waals surface area contributed by atoms with Gasteiger partial charge in [0, 0.05) is 36.9 Å². The number of aryl methyl sites for hydroxylation is 1. The Labute approximate surface area is 256 Å². The number of likely N-dealkylation sites (tertiary alicyclic amines) is 2. The van der Waals surface area contributed by atoms with Gasteiger partial charge >= 0.3 is 5.97 Å². The maximum atomic E-state index is 12.6. The summed E-state index contributed by atoms with van der Waals surface area (Å²) in [6.45, 7) is 7.29. The van der Waals surface area contributed by atoms with Gasteiger partial charge in [-0.2, -0.15) is 0 Å². The Morgan fingerprint density at radius 2 is 1.64 bits per heavy atom. The van der Waals surface area contributed by atoms with E-state index in [2.05, 4.69) is 77.4 Å². The van der Waals surface area contributed by atoms with E-state index < -0.39 is 5.97 Å². The Morgan fingerprint density at radius 3 is 2.31 bits per heavy atom. The van der Waals surface area contributed by atoms with Crippen molar-refractivity contribution in [3.63, 3.8) is 0 Å². The molecule has 2 aliphatic heterocycles. The van der Waals surface area contributed by atoms with Crippen LogP contribution in [0.3, 0.4) is 0 Å². The van der Waals surface area contributed by atoms with E-state index in [-0.39, 0.29) is 6.04 Å². The maximum Gasteiger partial charge on any atom is 0.321 e. The van der Waals surface area contributed by atoms with E-state index in [0.29, 0.717) is 23.7 Å². The van der Waals surface area contributed by atoms with Crippen LogP contribution >= 0.6 is 11.3 Å². The number of carboxylic acids is 1. The van der Waals surface area contributed by atoms with Crippen LogP contribution in [0, 0.1) is 11.8 Å². The van der Waals surface area contributed by atoms with E-state index in [1.54, 1.807) is 0 Å². The molecule has 3 fully saturated rings. The van der Waals surface area contributed by atoms with E-state index in [9.17, 15) is 9.90 Å². The predicted molar refractivity (Wildman–Crippen MR) is 171 cm³/mol. The highest BCUT2D eigenvalue weighted by Gasteiger charge is 2.43. The highest BCUT2D eigenvalue weighted by Crippen LogP contribution is 2.40.